The third-order valence-corrected chi connectivity index (χ3v) is 7.39. The Kier molecular flexibility index (Phi) is 6.16. The smallest absolute Gasteiger partial charge is 0.243 e. The Morgan fingerprint density at radius 1 is 0.926 bits per heavy atom. The third kappa shape index (κ3) is 4.50. The molecule has 1 aliphatic heterocycles. The molecule has 7 nitrogen and oxygen atoms in total. The molecule has 1 N–H and O–H groups in total. The van der Waals surface area contributed by atoms with Gasteiger partial charge in [0.15, 0.2) is 0 Å². The van der Waals surface area contributed by atoms with E-state index in [1.54, 1.807) is 12.1 Å². The van der Waals surface area contributed by atoms with Crippen molar-refractivity contribution in [3.8, 4) is 0 Å². The number of carboxylic acids is 1. The summed E-state index contributed by atoms with van der Waals surface area (Å²) in [6.07, 6.45) is 5.35. The van der Waals surface area contributed by atoms with E-state index in [4.69, 9.17) is 0 Å². The lowest BCUT2D eigenvalue weighted by Crippen LogP contribution is -2.42. The van der Waals surface area contributed by atoms with Gasteiger partial charge in [0, 0.05) is 36.6 Å². The molecule has 8 heteroatoms. The van der Waals surface area contributed by atoms with Gasteiger partial charge in [-0.1, -0.05) is 19.3 Å². The third-order valence-electron chi connectivity index (χ3n) is 5.48. The van der Waals surface area contributed by atoms with Crippen LogP contribution in [0.1, 0.15) is 44.9 Å². The highest BCUT2D eigenvalue weighted by Gasteiger charge is 2.32. The number of hydrogen-bond acceptors (Lipinski definition) is 5. The molecule has 0 unspecified atom stereocenters. The molecule has 0 aromatic heterocycles. The number of carbonyl (C=O) groups is 2. The Morgan fingerprint density at radius 2 is 1.52 bits per heavy atom. The quantitative estimate of drug-likeness (QED) is 0.813. The molecular weight excluding hydrogens is 368 g/mol. The summed E-state index contributed by atoms with van der Waals surface area (Å²) in [6.45, 7) is 1.07. The van der Waals surface area contributed by atoms with Crippen molar-refractivity contribution in [2.45, 2.75) is 49.8 Å². The average molecular weight is 393 g/mol. The van der Waals surface area contributed by atoms with Crippen molar-refractivity contribution in [1.82, 2.24) is 4.31 Å². The summed E-state index contributed by atoms with van der Waals surface area (Å²) in [6, 6.07) is 6.06. The van der Waals surface area contributed by atoms with Crippen molar-refractivity contribution in [2.75, 3.05) is 18.4 Å². The second kappa shape index (κ2) is 8.39. The van der Waals surface area contributed by atoms with Crippen LogP contribution in [0.5, 0.6) is 0 Å². The molecule has 0 radical (unpaired) electrons. The average Bonchev–Trinajstić information content (AvgIpc) is 2.69. The summed E-state index contributed by atoms with van der Waals surface area (Å²) in [5.74, 6) is -2.91. The van der Waals surface area contributed by atoms with Crippen LogP contribution in [0.3, 0.4) is 0 Å². The molecule has 3 rings (SSSR count). The maximum absolute atomic E-state index is 12.7. The van der Waals surface area contributed by atoms with E-state index >= 15 is 0 Å². The van der Waals surface area contributed by atoms with Gasteiger partial charge in [-0.05, 0) is 49.9 Å². The van der Waals surface area contributed by atoms with Gasteiger partial charge < -0.3 is 15.2 Å². The molecule has 1 saturated carbocycles. The Hall–Kier alpha value is -1.93. The monoisotopic (exact) mass is 393 g/mol. The summed E-state index contributed by atoms with van der Waals surface area (Å²) in [4.78, 5) is 23.9. The SMILES string of the molecule is O=C(Nc1ccc(S(=O)(=O)N2CCCCC2)cc1)[C@H]1CCCC[C@H]1C(=O)[O-]. The zero-order valence-corrected chi connectivity index (χ0v) is 16.0. The van der Waals surface area contributed by atoms with Crippen LogP contribution in [0, 0.1) is 11.8 Å². The van der Waals surface area contributed by atoms with E-state index < -0.39 is 27.8 Å². The van der Waals surface area contributed by atoms with Gasteiger partial charge in [0.2, 0.25) is 15.9 Å². The maximum atomic E-state index is 12.7. The van der Waals surface area contributed by atoms with Crippen LogP contribution in [0.4, 0.5) is 5.69 Å². The van der Waals surface area contributed by atoms with Crippen LogP contribution in [0.25, 0.3) is 0 Å². The minimum atomic E-state index is -3.51. The highest BCUT2D eigenvalue weighted by Crippen LogP contribution is 2.31. The van der Waals surface area contributed by atoms with E-state index in [1.165, 1.54) is 16.4 Å². The van der Waals surface area contributed by atoms with E-state index in [-0.39, 0.29) is 10.8 Å². The van der Waals surface area contributed by atoms with Gasteiger partial charge in [0.1, 0.15) is 0 Å². The molecule has 2 aliphatic rings. The maximum Gasteiger partial charge on any atom is 0.243 e. The molecule has 1 saturated heterocycles. The standard InChI is InChI=1S/C19H26N2O5S/c22-18(16-6-2-3-7-17(16)19(23)24)20-14-8-10-15(11-9-14)27(25,26)21-12-4-1-5-13-21/h8-11,16-17H,1-7,12-13H2,(H,20,22)(H,23,24)/p-1/t16-,17+/m0/s1. The van der Waals surface area contributed by atoms with Gasteiger partial charge in [-0.3, -0.25) is 4.79 Å². The first-order valence-corrected chi connectivity index (χ1v) is 11.0. The fraction of sp³-hybridized carbons (Fsp3) is 0.579. The van der Waals surface area contributed by atoms with E-state index in [1.807, 2.05) is 0 Å². The van der Waals surface area contributed by atoms with Crippen LogP contribution < -0.4 is 10.4 Å². The second-order valence-corrected chi connectivity index (χ2v) is 9.23. The highest BCUT2D eigenvalue weighted by atomic mass is 32.2. The predicted molar refractivity (Wildman–Crippen MR) is 98.1 cm³/mol. The number of nitrogens with one attached hydrogen (secondary N) is 1. The molecule has 0 bridgehead atoms. The lowest BCUT2D eigenvalue weighted by molar-refractivity contribution is -0.313. The number of amides is 1. The highest BCUT2D eigenvalue weighted by molar-refractivity contribution is 7.89. The van der Waals surface area contributed by atoms with E-state index in [2.05, 4.69) is 5.32 Å². The lowest BCUT2D eigenvalue weighted by atomic mass is 9.78. The van der Waals surface area contributed by atoms with Crippen LogP contribution in [0.15, 0.2) is 29.2 Å². The Balaban J connectivity index is 1.68. The van der Waals surface area contributed by atoms with Gasteiger partial charge in [0.25, 0.3) is 0 Å². The normalized spacial score (nSPS) is 24.3. The molecule has 148 valence electrons. The molecule has 27 heavy (non-hydrogen) atoms. The largest absolute Gasteiger partial charge is 0.550 e. The number of nitrogens with zero attached hydrogens (tertiary/aromatic N) is 1. The van der Waals surface area contributed by atoms with Gasteiger partial charge >= 0.3 is 0 Å². The number of piperidine rings is 1. The number of benzene rings is 1. The minimum absolute atomic E-state index is 0.202. The minimum Gasteiger partial charge on any atom is -0.550 e. The van der Waals surface area contributed by atoms with Crippen molar-refractivity contribution in [1.29, 1.82) is 0 Å². The van der Waals surface area contributed by atoms with Crippen molar-refractivity contribution in [3.63, 3.8) is 0 Å². The molecule has 0 spiro atoms. The Labute approximate surface area is 159 Å². The fourth-order valence-electron chi connectivity index (χ4n) is 3.93. The number of carbonyl (C=O) groups excluding carboxylic acids is 2. The zero-order valence-electron chi connectivity index (χ0n) is 15.2. The molecule has 1 amide bonds. The number of carboxylic acid groups (broad SMARTS) is 1. The van der Waals surface area contributed by atoms with E-state index in [0.717, 1.165) is 32.1 Å². The van der Waals surface area contributed by atoms with Crippen molar-refractivity contribution >= 4 is 27.6 Å². The molecule has 1 aromatic carbocycles. The topological polar surface area (TPSA) is 107 Å². The van der Waals surface area contributed by atoms with Gasteiger partial charge in [0.05, 0.1) is 4.90 Å². The van der Waals surface area contributed by atoms with E-state index in [0.29, 0.717) is 31.6 Å². The number of hydrogen-bond donors (Lipinski definition) is 1. The van der Waals surface area contributed by atoms with Crippen molar-refractivity contribution in [3.05, 3.63) is 24.3 Å². The zero-order chi connectivity index (χ0) is 19.4. The molecule has 2 fully saturated rings. The fourth-order valence-corrected chi connectivity index (χ4v) is 5.44. The molecule has 1 aliphatic carbocycles. The predicted octanol–water partition coefficient (Wildman–Crippen LogP) is 1.36. The summed E-state index contributed by atoms with van der Waals surface area (Å²) < 4.78 is 26.8. The molecule has 2 atom stereocenters. The van der Waals surface area contributed by atoms with Gasteiger partial charge in [-0.15, -0.1) is 0 Å². The van der Waals surface area contributed by atoms with Crippen LogP contribution in [-0.2, 0) is 19.6 Å². The van der Waals surface area contributed by atoms with Crippen molar-refractivity contribution < 1.29 is 23.1 Å². The molecule has 1 aromatic rings. The summed E-state index contributed by atoms with van der Waals surface area (Å²) in [7, 11) is -3.51. The number of sulfonamides is 1. The van der Waals surface area contributed by atoms with Crippen molar-refractivity contribution in [2.24, 2.45) is 11.8 Å². The summed E-state index contributed by atoms with van der Waals surface area (Å²) >= 11 is 0. The first-order chi connectivity index (χ1) is 12.9. The summed E-state index contributed by atoms with van der Waals surface area (Å²) in [5.41, 5.74) is 0.459. The second-order valence-electron chi connectivity index (χ2n) is 7.29. The number of rotatable bonds is 5. The Bertz CT molecular complexity index is 785. The number of anilines is 1. The first kappa shape index (κ1) is 19.8. The van der Waals surface area contributed by atoms with Gasteiger partial charge in [-0.25, -0.2) is 8.42 Å². The van der Waals surface area contributed by atoms with Gasteiger partial charge in [-0.2, -0.15) is 4.31 Å². The Morgan fingerprint density at radius 3 is 2.11 bits per heavy atom. The number of aliphatic carboxylic acids is 1. The molecular formula is C19H25N2O5S-. The van der Waals surface area contributed by atoms with Crippen LogP contribution in [-0.4, -0.2) is 37.7 Å². The molecule has 1 heterocycles. The lowest BCUT2D eigenvalue weighted by Gasteiger charge is -2.31. The summed E-state index contributed by atoms with van der Waals surface area (Å²) in [5, 5.41) is 14.0. The van der Waals surface area contributed by atoms with Crippen LogP contribution >= 0.6 is 0 Å². The first-order valence-electron chi connectivity index (χ1n) is 9.51. The van der Waals surface area contributed by atoms with Crippen LogP contribution in [0.2, 0.25) is 0 Å². The van der Waals surface area contributed by atoms with E-state index in [9.17, 15) is 23.1 Å².